The van der Waals surface area contributed by atoms with Crippen LogP contribution in [0.2, 0.25) is 5.02 Å². The molecule has 0 fully saturated rings. The van der Waals surface area contributed by atoms with Crippen molar-refractivity contribution < 1.29 is 27.8 Å². The van der Waals surface area contributed by atoms with Crippen molar-refractivity contribution in [2.45, 2.75) is 6.61 Å². The van der Waals surface area contributed by atoms with E-state index in [9.17, 15) is 13.6 Å². The van der Waals surface area contributed by atoms with Gasteiger partial charge in [-0.25, -0.2) is 0 Å². The molecule has 0 spiro atoms. The summed E-state index contributed by atoms with van der Waals surface area (Å²) in [6.07, 6.45) is 0. The van der Waals surface area contributed by atoms with Crippen LogP contribution in [-0.2, 0) is 0 Å². The molecule has 0 aliphatic heterocycles. The van der Waals surface area contributed by atoms with E-state index in [1.807, 2.05) is 0 Å². The molecule has 5 nitrogen and oxygen atoms in total. The van der Waals surface area contributed by atoms with Crippen LogP contribution in [0.25, 0.3) is 0 Å². The first-order valence-electron chi connectivity index (χ1n) is 6.72. The van der Waals surface area contributed by atoms with E-state index < -0.39 is 12.5 Å². The Hall–Kier alpha value is -2.54. The summed E-state index contributed by atoms with van der Waals surface area (Å²) in [5, 5.41) is 2.94. The first-order chi connectivity index (χ1) is 11.4. The Morgan fingerprint density at radius 1 is 1.08 bits per heavy atom. The second-order valence-corrected chi connectivity index (χ2v) is 4.95. The molecule has 0 heterocycles. The maximum Gasteiger partial charge on any atom is 0.387 e. The van der Waals surface area contributed by atoms with Gasteiger partial charge in [-0.1, -0.05) is 11.6 Å². The third-order valence-electron chi connectivity index (χ3n) is 3.06. The van der Waals surface area contributed by atoms with Gasteiger partial charge in [-0.15, -0.1) is 0 Å². The van der Waals surface area contributed by atoms with Gasteiger partial charge in [0.1, 0.15) is 17.2 Å². The molecule has 0 aromatic heterocycles. The van der Waals surface area contributed by atoms with Crippen LogP contribution >= 0.6 is 11.6 Å². The number of halogens is 3. The average molecular weight is 358 g/mol. The van der Waals surface area contributed by atoms with Gasteiger partial charge in [0.2, 0.25) is 0 Å². The minimum Gasteiger partial charge on any atom is -0.495 e. The van der Waals surface area contributed by atoms with E-state index in [-0.39, 0.29) is 11.3 Å². The van der Waals surface area contributed by atoms with Crippen LogP contribution in [0.3, 0.4) is 0 Å². The summed E-state index contributed by atoms with van der Waals surface area (Å²) in [6, 6.07) is 8.32. The molecule has 0 aliphatic carbocycles. The van der Waals surface area contributed by atoms with E-state index in [4.69, 9.17) is 21.1 Å². The van der Waals surface area contributed by atoms with Gasteiger partial charge in [-0.3, -0.25) is 4.79 Å². The number of anilines is 1. The molecule has 0 saturated heterocycles. The zero-order valence-corrected chi connectivity index (χ0v) is 13.6. The monoisotopic (exact) mass is 357 g/mol. The van der Waals surface area contributed by atoms with Crippen molar-refractivity contribution in [2.75, 3.05) is 19.5 Å². The molecule has 0 radical (unpaired) electrons. The molecule has 2 aromatic rings. The number of nitrogens with one attached hydrogen (secondary N) is 1. The van der Waals surface area contributed by atoms with Crippen LogP contribution in [0.4, 0.5) is 14.5 Å². The number of ether oxygens (including phenoxy) is 3. The van der Waals surface area contributed by atoms with E-state index >= 15 is 0 Å². The Morgan fingerprint density at radius 2 is 1.71 bits per heavy atom. The first kappa shape index (κ1) is 17.8. The molecular weight excluding hydrogens is 344 g/mol. The maximum atomic E-state index is 12.3. The highest BCUT2D eigenvalue weighted by Crippen LogP contribution is 2.36. The molecule has 128 valence electrons. The van der Waals surface area contributed by atoms with Crippen molar-refractivity contribution in [3.05, 3.63) is 47.0 Å². The van der Waals surface area contributed by atoms with Crippen LogP contribution in [0.15, 0.2) is 36.4 Å². The summed E-state index contributed by atoms with van der Waals surface area (Å²) in [4.78, 5) is 12.3. The van der Waals surface area contributed by atoms with Crippen molar-refractivity contribution in [1.29, 1.82) is 0 Å². The zero-order chi connectivity index (χ0) is 17.7. The van der Waals surface area contributed by atoms with Gasteiger partial charge in [-0.2, -0.15) is 8.78 Å². The Labute approximate surface area is 142 Å². The summed E-state index contributed by atoms with van der Waals surface area (Å²) < 4.78 is 38.7. The van der Waals surface area contributed by atoms with Crippen molar-refractivity contribution in [3.8, 4) is 17.2 Å². The lowest BCUT2D eigenvalue weighted by Crippen LogP contribution is -2.13. The summed E-state index contributed by atoms with van der Waals surface area (Å²) in [7, 11) is 2.90. The standard InChI is InChI=1S/C16H14ClF2NO4/c1-22-13-8-14(23-2)12(7-11(13)17)20-15(21)9-3-5-10(6-4-9)24-16(18)19/h3-8,16H,1-2H3,(H,20,21). The molecule has 1 amide bonds. The van der Waals surface area contributed by atoms with Crippen LogP contribution in [0, 0.1) is 0 Å². The number of carbonyl (C=O) groups is 1. The SMILES string of the molecule is COc1cc(OC)c(NC(=O)c2ccc(OC(F)F)cc2)cc1Cl. The summed E-state index contributed by atoms with van der Waals surface area (Å²) in [5.41, 5.74) is 0.604. The van der Waals surface area contributed by atoms with Crippen LogP contribution < -0.4 is 19.5 Å². The molecular formula is C16H14ClF2NO4. The fourth-order valence-electron chi connectivity index (χ4n) is 1.94. The molecule has 0 unspecified atom stereocenters. The van der Waals surface area contributed by atoms with E-state index in [0.717, 1.165) is 0 Å². The Bertz CT molecular complexity index is 723. The topological polar surface area (TPSA) is 56.8 Å². The molecule has 24 heavy (non-hydrogen) atoms. The molecule has 0 aliphatic rings. The number of benzene rings is 2. The Morgan fingerprint density at radius 3 is 2.25 bits per heavy atom. The quantitative estimate of drug-likeness (QED) is 0.841. The highest BCUT2D eigenvalue weighted by Gasteiger charge is 2.14. The highest BCUT2D eigenvalue weighted by molar-refractivity contribution is 6.32. The fourth-order valence-corrected chi connectivity index (χ4v) is 2.18. The maximum absolute atomic E-state index is 12.3. The second-order valence-electron chi connectivity index (χ2n) is 4.54. The smallest absolute Gasteiger partial charge is 0.387 e. The van der Waals surface area contributed by atoms with Crippen LogP contribution in [0.5, 0.6) is 17.2 Å². The van der Waals surface area contributed by atoms with Crippen LogP contribution in [-0.4, -0.2) is 26.7 Å². The van der Waals surface area contributed by atoms with Gasteiger partial charge in [-0.05, 0) is 30.3 Å². The minimum atomic E-state index is -2.92. The molecule has 2 rings (SSSR count). The average Bonchev–Trinajstić information content (AvgIpc) is 2.55. The number of alkyl halides is 2. The van der Waals surface area contributed by atoms with Gasteiger partial charge < -0.3 is 19.5 Å². The Kier molecular flexibility index (Phi) is 5.81. The highest BCUT2D eigenvalue weighted by atomic mass is 35.5. The summed E-state index contributed by atoms with van der Waals surface area (Å²) in [5.74, 6) is 0.270. The number of carbonyl (C=O) groups excluding carboxylic acids is 1. The van der Waals surface area contributed by atoms with Gasteiger partial charge >= 0.3 is 6.61 Å². The molecule has 0 atom stereocenters. The molecule has 2 aromatic carbocycles. The van der Waals surface area contributed by atoms with Gasteiger partial charge in [0.15, 0.2) is 0 Å². The number of hydrogen-bond donors (Lipinski definition) is 1. The van der Waals surface area contributed by atoms with Gasteiger partial charge in [0.25, 0.3) is 5.91 Å². The second kappa shape index (κ2) is 7.83. The number of methoxy groups -OCH3 is 2. The number of rotatable bonds is 6. The molecule has 0 bridgehead atoms. The molecule has 8 heteroatoms. The van der Waals surface area contributed by atoms with Crippen molar-refractivity contribution in [1.82, 2.24) is 0 Å². The van der Waals surface area contributed by atoms with E-state index in [2.05, 4.69) is 10.1 Å². The largest absolute Gasteiger partial charge is 0.495 e. The lowest BCUT2D eigenvalue weighted by molar-refractivity contribution is -0.0498. The van der Waals surface area contributed by atoms with Crippen molar-refractivity contribution >= 4 is 23.2 Å². The summed E-state index contributed by atoms with van der Waals surface area (Å²) >= 11 is 6.04. The van der Waals surface area contributed by atoms with E-state index in [1.165, 1.54) is 50.6 Å². The lowest BCUT2D eigenvalue weighted by Gasteiger charge is -2.13. The third kappa shape index (κ3) is 4.26. The third-order valence-corrected chi connectivity index (χ3v) is 3.36. The lowest BCUT2D eigenvalue weighted by atomic mass is 10.2. The van der Waals surface area contributed by atoms with Crippen molar-refractivity contribution in [3.63, 3.8) is 0 Å². The predicted molar refractivity (Wildman–Crippen MR) is 85.6 cm³/mol. The minimum absolute atomic E-state index is 0.0355. The normalized spacial score (nSPS) is 10.4. The van der Waals surface area contributed by atoms with E-state index in [0.29, 0.717) is 22.2 Å². The number of amides is 1. The number of hydrogen-bond acceptors (Lipinski definition) is 4. The summed E-state index contributed by atoms with van der Waals surface area (Å²) in [6.45, 7) is -2.92. The zero-order valence-electron chi connectivity index (χ0n) is 12.8. The molecule has 1 N–H and O–H groups in total. The Balaban J connectivity index is 2.18. The first-order valence-corrected chi connectivity index (χ1v) is 7.10. The molecule has 0 saturated carbocycles. The van der Waals surface area contributed by atoms with E-state index in [1.54, 1.807) is 0 Å². The fraction of sp³-hybridized carbons (Fsp3) is 0.188. The van der Waals surface area contributed by atoms with Gasteiger partial charge in [0.05, 0.1) is 24.9 Å². The van der Waals surface area contributed by atoms with Gasteiger partial charge in [0, 0.05) is 11.6 Å². The van der Waals surface area contributed by atoms with Crippen molar-refractivity contribution in [2.24, 2.45) is 0 Å². The van der Waals surface area contributed by atoms with Crippen LogP contribution in [0.1, 0.15) is 10.4 Å². The predicted octanol–water partition coefficient (Wildman–Crippen LogP) is 4.21.